The summed E-state index contributed by atoms with van der Waals surface area (Å²) in [5.41, 5.74) is 0.963. The number of benzene rings is 2. The standard InChI is InChI=1S/C18H13BrCl2N4O3/c19-12-4-2-1-3-10(12)17(27)22-6-5-14(26)24-25-16-11-7-9(20)8-13(21)15(11)23-18(16)28/h1-4,7-8,23,28H,5-6H2,(H,22,27). The van der Waals surface area contributed by atoms with Crippen molar-refractivity contribution >= 4 is 67.5 Å². The van der Waals surface area contributed by atoms with Crippen LogP contribution in [-0.4, -0.2) is 28.4 Å². The fraction of sp³-hybridized carbons (Fsp3) is 0.111. The van der Waals surface area contributed by atoms with Crippen LogP contribution < -0.4 is 5.32 Å². The second-order valence-corrected chi connectivity index (χ2v) is 7.41. The van der Waals surface area contributed by atoms with Crippen molar-refractivity contribution in [3.8, 4) is 5.88 Å². The van der Waals surface area contributed by atoms with E-state index in [4.69, 9.17) is 23.2 Å². The number of amides is 2. The maximum atomic E-state index is 12.1. The van der Waals surface area contributed by atoms with Gasteiger partial charge in [-0.15, -0.1) is 10.2 Å². The highest BCUT2D eigenvalue weighted by Gasteiger charge is 2.15. The summed E-state index contributed by atoms with van der Waals surface area (Å²) in [6.07, 6.45) is -0.0513. The Bertz CT molecular complexity index is 1100. The number of carbonyl (C=O) groups excluding carboxylic acids is 2. The molecule has 0 atom stereocenters. The van der Waals surface area contributed by atoms with Gasteiger partial charge in [0.25, 0.3) is 11.8 Å². The van der Waals surface area contributed by atoms with E-state index in [0.717, 1.165) is 0 Å². The summed E-state index contributed by atoms with van der Waals surface area (Å²) in [6.45, 7) is 0.0928. The Morgan fingerprint density at radius 3 is 2.71 bits per heavy atom. The molecule has 3 aromatic rings. The molecular formula is C18H13BrCl2N4O3. The molecule has 7 nitrogen and oxygen atoms in total. The molecule has 3 N–H and O–H groups in total. The summed E-state index contributed by atoms with van der Waals surface area (Å²) < 4.78 is 0.658. The van der Waals surface area contributed by atoms with Gasteiger partial charge in [0.05, 0.1) is 16.1 Å². The lowest BCUT2D eigenvalue weighted by Gasteiger charge is -2.05. The van der Waals surface area contributed by atoms with E-state index in [1.54, 1.807) is 30.3 Å². The van der Waals surface area contributed by atoms with Gasteiger partial charge < -0.3 is 15.4 Å². The third-order valence-corrected chi connectivity index (χ3v) is 4.99. The molecule has 1 aromatic heterocycles. The highest BCUT2D eigenvalue weighted by atomic mass is 79.9. The van der Waals surface area contributed by atoms with Crippen molar-refractivity contribution in [1.29, 1.82) is 0 Å². The Labute approximate surface area is 177 Å². The van der Waals surface area contributed by atoms with E-state index in [2.05, 4.69) is 36.5 Å². The Morgan fingerprint density at radius 2 is 1.96 bits per heavy atom. The van der Waals surface area contributed by atoms with E-state index in [-0.39, 0.29) is 30.4 Å². The molecule has 1 heterocycles. The summed E-state index contributed by atoms with van der Waals surface area (Å²) in [7, 11) is 0. The van der Waals surface area contributed by atoms with Crippen LogP contribution in [0.5, 0.6) is 5.88 Å². The first-order chi connectivity index (χ1) is 13.4. The molecule has 0 spiro atoms. The number of halogens is 3. The third-order valence-electron chi connectivity index (χ3n) is 3.78. The number of hydrogen-bond acceptors (Lipinski definition) is 4. The zero-order valence-electron chi connectivity index (χ0n) is 14.2. The maximum Gasteiger partial charge on any atom is 0.266 e. The van der Waals surface area contributed by atoms with Crippen LogP contribution in [0, 0.1) is 0 Å². The summed E-state index contributed by atoms with van der Waals surface area (Å²) in [5.74, 6) is -1.15. The lowest BCUT2D eigenvalue weighted by Crippen LogP contribution is -2.26. The van der Waals surface area contributed by atoms with Crippen molar-refractivity contribution in [3.05, 3.63) is 56.5 Å². The second kappa shape index (κ2) is 8.72. The van der Waals surface area contributed by atoms with Crippen molar-refractivity contribution in [2.24, 2.45) is 10.2 Å². The number of hydrogen-bond donors (Lipinski definition) is 3. The van der Waals surface area contributed by atoms with Gasteiger partial charge in [-0.1, -0.05) is 35.3 Å². The third kappa shape index (κ3) is 4.52. The van der Waals surface area contributed by atoms with Gasteiger partial charge in [-0.25, -0.2) is 0 Å². The molecule has 10 heteroatoms. The number of aromatic nitrogens is 1. The van der Waals surface area contributed by atoms with E-state index in [9.17, 15) is 14.7 Å². The summed E-state index contributed by atoms with van der Waals surface area (Å²) >= 11 is 15.3. The lowest BCUT2D eigenvalue weighted by molar-refractivity contribution is -0.118. The molecule has 28 heavy (non-hydrogen) atoms. The quantitative estimate of drug-likeness (QED) is 0.424. The number of rotatable bonds is 5. The van der Waals surface area contributed by atoms with Crippen molar-refractivity contribution < 1.29 is 14.7 Å². The molecule has 144 valence electrons. The van der Waals surface area contributed by atoms with E-state index < -0.39 is 5.91 Å². The number of H-pyrrole nitrogens is 1. The fourth-order valence-electron chi connectivity index (χ4n) is 2.47. The topological polar surface area (TPSA) is 107 Å². The number of nitrogens with one attached hydrogen (secondary N) is 2. The molecular weight excluding hydrogens is 471 g/mol. The normalized spacial score (nSPS) is 11.2. The smallest absolute Gasteiger partial charge is 0.266 e. The van der Waals surface area contributed by atoms with Crippen LogP contribution in [0.1, 0.15) is 16.8 Å². The molecule has 0 unspecified atom stereocenters. The predicted octanol–water partition coefficient (Wildman–Crippen LogP) is 5.37. The van der Waals surface area contributed by atoms with Gasteiger partial charge in [0.2, 0.25) is 5.88 Å². The SMILES string of the molecule is O=C(CCNC(=O)c1ccccc1Br)N=Nc1c(O)[nH]c2c(Cl)cc(Cl)cc12. The number of fused-ring (bicyclic) bond motifs is 1. The van der Waals surface area contributed by atoms with Crippen LogP contribution in [-0.2, 0) is 4.79 Å². The van der Waals surface area contributed by atoms with Gasteiger partial charge in [0, 0.05) is 27.8 Å². The van der Waals surface area contributed by atoms with Crippen LogP contribution in [0.3, 0.4) is 0 Å². The average molecular weight is 484 g/mol. The van der Waals surface area contributed by atoms with E-state index in [1.807, 2.05) is 0 Å². The minimum Gasteiger partial charge on any atom is -0.493 e. The Kier molecular flexibility index (Phi) is 6.33. The van der Waals surface area contributed by atoms with Gasteiger partial charge in [0.15, 0.2) is 5.69 Å². The van der Waals surface area contributed by atoms with Gasteiger partial charge in [-0.3, -0.25) is 9.59 Å². The number of carbonyl (C=O) groups is 2. The van der Waals surface area contributed by atoms with Gasteiger partial charge in [-0.2, -0.15) is 0 Å². The van der Waals surface area contributed by atoms with E-state index in [1.165, 1.54) is 6.07 Å². The first-order valence-corrected chi connectivity index (χ1v) is 9.58. The minimum absolute atomic E-state index is 0.0513. The van der Waals surface area contributed by atoms with Crippen LogP contribution in [0.2, 0.25) is 10.0 Å². The van der Waals surface area contributed by atoms with Crippen LogP contribution >= 0.6 is 39.1 Å². The Morgan fingerprint density at radius 1 is 1.21 bits per heavy atom. The zero-order chi connectivity index (χ0) is 20.3. The molecule has 0 fully saturated rings. The van der Waals surface area contributed by atoms with E-state index >= 15 is 0 Å². The molecule has 0 radical (unpaired) electrons. The van der Waals surface area contributed by atoms with Crippen molar-refractivity contribution in [2.75, 3.05) is 6.54 Å². The Hall–Kier alpha value is -2.42. The largest absolute Gasteiger partial charge is 0.493 e. The van der Waals surface area contributed by atoms with E-state index in [0.29, 0.717) is 31.0 Å². The molecule has 0 aliphatic carbocycles. The van der Waals surface area contributed by atoms with Crippen LogP contribution in [0.4, 0.5) is 5.69 Å². The molecule has 2 amide bonds. The summed E-state index contributed by atoms with van der Waals surface area (Å²) in [5, 5.41) is 21.1. The highest BCUT2D eigenvalue weighted by Crippen LogP contribution is 2.40. The molecule has 0 aliphatic heterocycles. The zero-order valence-corrected chi connectivity index (χ0v) is 17.3. The minimum atomic E-state index is -0.561. The summed E-state index contributed by atoms with van der Waals surface area (Å²) in [6, 6.07) is 10.0. The van der Waals surface area contributed by atoms with Crippen LogP contribution in [0.25, 0.3) is 10.9 Å². The molecule has 0 aliphatic rings. The highest BCUT2D eigenvalue weighted by molar-refractivity contribution is 9.10. The molecule has 3 rings (SSSR count). The van der Waals surface area contributed by atoms with Crippen molar-refractivity contribution in [3.63, 3.8) is 0 Å². The van der Waals surface area contributed by atoms with Gasteiger partial charge in [0.1, 0.15) is 0 Å². The molecule has 2 aromatic carbocycles. The second-order valence-electron chi connectivity index (χ2n) is 5.71. The molecule has 0 bridgehead atoms. The Balaban J connectivity index is 1.63. The first kappa shape index (κ1) is 20.3. The van der Waals surface area contributed by atoms with Crippen LogP contribution in [0.15, 0.2) is 51.1 Å². The number of aromatic hydroxyl groups is 1. The predicted molar refractivity (Wildman–Crippen MR) is 111 cm³/mol. The first-order valence-electron chi connectivity index (χ1n) is 8.04. The monoisotopic (exact) mass is 482 g/mol. The number of nitrogens with zero attached hydrogens (tertiary/aromatic N) is 2. The van der Waals surface area contributed by atoms with Gasteiger partial charge in [-0.05, 0) is 40.2 Å². The number of azo groups is 1. The average Bonchev–Trinajstić information content (AvgIpc) is 2.96. The fourth-order valence-corrected chi connectivity index (χ4v) is 3.48. The molecule has 0 saturated carbocycles. The number of aromatic amines is 1. The lowest BCUT2D eigenvalue weighted by atomic mass is 10.2. The summed E-state index contributed by atoms with van der Waals surface area (Å²) in [4.78, 5) is 26.7. The van der Waals surface area contributed by atoms with Crippen molar-refractivity contribution in [1.82, 2.24) is 10.3 Å². The molecule has 0 saturated heterocycles. The maximum absolute atomic E-state index is 12.1. The van der Waals surface area contributed by atoms with Crippen molar-refractivity contribution in [2.45, 2.75) is 6.42 Å². The van der Waals surface area contributed by atoms with Gasteiger partial charge >= 0.3 is 0 Å².